The Kier molecular flexibility index (Phi) is 8.21. The van der Waals surface area contributed by atoms with E-state index >= 15 is 0 Å². The van der Waals surface area contributed by atoms with Crippen LogP contribution in [0.3, 0.4) is 0 Å². The van der Waals surface area contributed by atoms with Gasteiger partial charge in [-0.1, -0.05) is 12.1 Å². The molecule has 0 unspecified atom stereocenters. The largest absolute Gasteiger partial charge is 0.497 e. The lowest BCUT2D eigenvalue weighted by atomic mass is 9.97. The van der Waals surface area contributed by atoms with Gasteiger partial charge in [0.05, 0.1) is 26.2 Å². The first kappa shape index (κ1) is 24.9. The van der Waals surface area contributed by atoms with Crippen LogP contribution in [-0.2, 0) is 49.4 Å². The molecule has 0 bridgehead atoms. The van der Waals surface area contributed by atoms with Crippen LogP contribution in [-0.4, -0.2) is 86.0 Å². The van der Waals surface area contributed by atoms with Gasteiger partial charge in [-0.25, -0.2) is 0 Å². The second kappa shape index (κ2) is 9.87. The van der Waals surface area contributed by atoms with Crippen molar-refractivity contribution < 1.29 is 49.3 Å². The Bertz CT molecular complexity index is 860. The molecule has 30 heavy (non-hydrogen) atoms. The lowest BCUT2D eigenvalue weighted by molar-refractivity contribution is -0.196. The van der Waals surface area contributed by atoms with Crippen molar-refractivity contribution in [3.8, 4) is 5.75 Å². The Labute approximate surface area is 176 Å². The smallest absolute Gasteiger partial charge is 0.264 e. The molecule has 13 heteroatoms. The number of hydrogen-bond donors (Lipinski definition) is 1. The van der Waals surface area contributed by atoms with Gasteiger partial charge in [0.2, 0.25) is 0 Å². The van der Waals surface area contributed by atoms with E-state index in [1.807, 2.05) is 0 Å². The third-order valence-corrected chi connectivity index (χ3v) is 5.41. The molecule has 1 aliphatic rings. The average Bonchev–Trinajstić information content (AvgIpc) is 2.94. The molecule has 1 aromatic carbocycles. The molecular weight excluding hydrogens is 444 g/mol. The monoisotopic (exact) mass is 470 g/mol. The lowest BCUT2D eigenvalue weighted by Crippen LogP contribution is -2.52. The van der Waals surface area contributed by atoms with Crippen molar-refractivity contribution in [2.75, 3.05) is 39.9 Å². The van der Waals surface area contributed by atoms with Crippen molar-refractivity contribution in [3.05, 3.63) is 29.8 Å². The van der Waals surface area contributed by atoms with Crippen LogP contribution >= 0.6 is 0 Å². The molecule has 1 fully saturated rings. The van der Waals surface area contributed by atoms with Gasteiger partial charge in [-0.05, 0) is 17.7 Å². The predicted molar refractivity (Wildman–Crippen MR) is 104 cm³/mol. The molecule has 0 radical (unpaired) electrons. The van der Waals surface area contributed by atoms with Crippen LogP contribution in [0.2, 0.25) is 0 Å². The van der Waals surface area contributed by atoms with Crippen LogP contribution in [0.5, 0.6) is 5.75 Å². The number of aliphatic hydroxyl groups is 1. The molecule has 1 heterocycles. The van der Waals surface area contributed by atoms with E-state index in [2.05, 4.69) is 0 Å². The van der Waals surface area contributed by atoms with Crippen LogP contribution in [0, 0.1) is 0 Å². The summed E-state index contributed by atoms with van der Waals surface area (Å²) in [5.74, 6) is 0.639. The summed E-state index contributed by atoms with van der Waals surface area (Å²) in [5.41, 5.74) is -1.07. The average molecular weight is 471 g/mol. The van der Waals surface area contributed by atoms with Crippen molar-refractivity contribution in [2.45, 2.75) is 30.7 Å². The summed E-state index contributed by atoms with van der Waals surface area (Å²) in [6.07, 6.45) is -2.18. The molecule has 0 aliphatic carbocycles. The van der Waals surface area contributed by atoms with Crippen LogP contribution < -0.4 is 4.74 Å². The first-order valence-electron chi connectivity index (χ1n) is 8.71. The van der Waals surface area contributed by atoms with Gasteiger partial charge in [-0.2, -0.15) is 16.8 Å². The molecule has 1 aliphatic heterocycles. The predicted octanol–water partition coefficient (Wildman–Crippen LogP) is -0.365. The molecule has 0 aromatic heterocycles. The molecular formula is C17H26O11S2. The van der Waals surface area contributed by atoms with Gasteiger partial charge in [0.1, 0.15) is 36.8 Å². The SMILES string of the molecule is COc1ccc(CO[C@@H]2[C@@H](O)[C@H](OC)OC2(COS(C)(=O)=O)COS(C)(=O)=O)cc1. The fourth-order valence-corrected chi connectivity index (χ4v) is 3.68. The molecule has 2 rings (SSSR count). The van der Waals surface area contributed by atoms with Gasteiger partial charge in [-0.15, -0.1) is 0 Å². The zero-order valence-electron chi connectivity index (χ0n) is 17.0. The standard InChI is InChI=1S/C17H26O11S2/c1-23-13-7-5-12(6-8-13)9-25-15-14(18)16(24-2)28-17(15,10-26-29(3,19)20)11-27-30(4,21)22/h5-8,14-16,18H,9-11H2,1-4H3/t14-,15-,16-/m1/s1. The van der Waals surface area contributed by atoms with Crippen LogP contribution in [0.25, 0.3) is 0 Å². The number of ether oxygens (including phenoxy) is 4. The molecule has 11 nitrogen and oxygen atoms in total. The van der Waals surface area contributed by atoms with Crippen molar-refractivity contribution in [2.24, 2.45) is 0 Å². The third-order valence-electron chi connectivity index (χ3n) is 4.31. The second-order valence-corrected chi connectivity index (χ2v) is 10.1. The molecule has 0 saturated carbocycles. The zero-order valence-corrected chi connectivity index (χ0v) is 18.6. The van der Waals surface area contributed by atoms with Gasteiger partial charge in [0.15, 0.2) is 6.29 Å². The number of rotatable bonds is 11. The maximum absolute atomic E-state index is 11.5. The topological polar surface area (TPSA) is 144 Å². The second-order valence-electron chi connectivity index (χ2n) is 6.79. The highest BCUT2D eigenvalue weighted by atomic mass is 32.2. The van der Waals surface area contributed by atoms with Crippen molar-refractivity contribution in [1.29, 1.82) is 0 Å². The summed E-state index contributed by atoms with van der Waals surface area (Å²) < 4.78 is 77.4. The maximum atomic E-state index is 11.5. The maximum Gasteiger partial charge on any atom is 0.264 e. The lowest BCUT2D eigenvalue weighted by Gasteiger charge is -2.33. The van der Waals surface area contributed by atoms with Crippen molar-refractivity contribution in [3.63, 3.8) is 0 Å². The van der Waals surface area contributed by atoms with Crippen LogP contribution in [0.1, 0.15) is 5.56 Å². The van der Waals surface area contributed by atoms with Gasteiger partial charge >= 0.3 is 0 Å². The van der Waals surface area contributed by atoms with E-state index in [1.165, 1.54) is 14.2 Å². The van der Waals surface area contributed by atoms with E-state index in [4.69, 9.17) is 27.3 Å². The first-order valence-corrected chi connectivity index (χ1v) is 12.3. The first-order chi connectivity index (χ1) is 13.9. The van der Waals surface area contributed by atoms with E-state index < -0.39 is 57.5 Å². The van der Waals surface area contributed by atoms with E-state index in [0.717, 1.165) is 12.5 Å². The van der Waals surface area contributed by atoms with Crippen LogP contribution in [0.4, 0.5) is 0 Å². The molecule has 0 spiro atoms. The normalized spacial score (nSPS) is 24.1. The highest BCUT2D eigenvalue weighted by molar-refractivity contribution is 7.86. The summed E-state index contributed by atoms with van der Waals surface area (Å²) in [4.78, 5) is 0. The van der Waals surface area contributed by atoms with Gasteiger partial charge in [0, 0.05) is 7.11 Å². The number of hydrogen-bond acceptors (Lipinski definition) is 11. The van der Waals surface area contributed by atoms with Gasteiger partial charge in [0.25, 0.3) is 20.2 Å². The quantitative estimate of drug-likeness (QED) is 0.423. The Morgan fingerprint density at radius 2 is 1.53 bits per heavy atom. The summed E-state index contributed by atoms with van der Waals surface area (Å²) in [5, 5.41) is 10.6. The minimum atomic E-state index is -3.92. The molecule has 172 valence electrons. The van der Waals surface area contributed by atoms with Crippen LogP contribution in [0.15, 0.2) is 24.3 Å². The minimum Gasteiger partial charge on any atom is -0.497 e. The molecule has 1 saturated heterocycles. The minimum absolute atomic E-state index is 0.00891. The number of methoxy groups -OCH3 is 2. The Hall–Kier alpha value is -1.32. The summed E-state index contributed by atoms with van der Waals surface area (Å²) in [6, 6.07) is 6.89. The summed E-state index contributed by atoms with van der Waals surface area (Å²) in [7, 11) is -5.05. The summed E-state index contributed by atoms with van der Waals surface area (Å²) in [6.45, 7) is -1.33. The van der Waals surface area contributed by atoms with Gasteiger partial charge in [-0.3, -0.25) is 8.37 Å². The molecule has 1 aromatic rings. The molecule has 1 N–H and O–H groups in total. The third kappa shape index (κ3) is 6.85. The zero-order chi connectivity index (χ0) is 22.6. The number of aliphatic hydroxyl groups excluding tert-OH is 1. The van der Waals surface area contributed by atoms with Crippen molar-refractivity contribution >= 4 is 20.2 Å². The molecule has 0 amide bonds. The van der Waals surface area contributed by atoms with E-state index in [1.54, 1.807) is 24.3 Å². The van der Waals surface area contributed by atoms with Gasteiger partial charge < -0.3 is 24.1 Å². The number of benzene rings is 1. The Morgan fingerprint density at radius 3 is 1.97 bits per heavy atom. The fourth-order valence-electron chi connectivity index (χ4n) is 2.86. The van der Waals surface area contributed by atoms with E-state index in [0.29, 0.717) is 11.3 Å². The Balaban J connectivity index is 2.29. The highest BCUT2D eigenvalue weighted by Gasteiger charge is 2.57. The highest BCUT2D eigenvalue weighted by Crippen LogP contribution is 2.36. The van der Waals surface area contributed by atoms with E-state index in [-0.39, 0.29) is 6.61 Å². The Morgan fingerprint density at radius 1 is 1.00 bits per heavy atom. The molecule has 3 atom stereocenters. The van der Waals surface area contributed by atoms with Crippen molar-refractivity contribution in [1.82, 2.24) is 0 Å². The summed E-state index contributed by atoms with van der Waals surface area (Å²) >= 11 is 0. The fraction of sp³-hybridized carbons (Fsp3) is 0.647. The van der Waals surface area contributed by atoms with E-state index in [9.17, 15) is 21.9 Å².